The first kappa shape index (κ1) is 57.6. The van der Waals surface area contributed by atoms with E-state index in [2.05, 4.69) is 90.9 Å². The lowest BCUT2D eigenvalue weighted by Crippen LogP contribution is -2.60. The van der Waals surface area contributed by atoms with Crippen molar-refractivity contribution in [2.24, 2.45) is 0 Å². The van der Waals surface area contributed by atoms with Crippen LogP contribution in [0.5, 0.6) is 0 Å². The maximum Gasteiger partial charge on any atom is 0.397 e. The molecule has 13 heteroatoms. The summed E-state index contributed by atoms with van der Waals surface area (Å²) in [5.41, 5.74) is 0. The fourth-order valence-electron chi connectivity index (χ4n) is 6.75. The molecule has 0 radical (unpaired) electrons. The number of aliphatic hydroxyl groups excluding tert-OH is 3. The Hall–Kier alpha value is -2.46. The highest BCUT2D eigenvalue weighted by Gasteiger charge is 2.48. The van der Waals surface area contributed by atoms with Crippen LogP contribution in [0.3, 0.4) is 0 Å². The van der Waals surface area contributed by atoms with Crippen LogP contribution in [0.2, 0.25) is 0 Å². The van der Waals surface area contributed by atoms with Gasteiger partial charge in [0.2, 0.25) is 0 Å². The Morgan fingerprint density at radius 1 is 0.629 bits per heavy atom. The minimum atomic E-state index is -5.07. The Labute approximate surface area is 375 Å². The zero-order chi connectivity index (χ0) is 45.4. The van der Waals surface area contributed by atoms with Gasteiger partial charge in [-0.1, -0.05) is 151 Å². The van der Waals surface area contributed by atoms with Crippen molar-refractivity contribution in [3.8, 4) is 0 Å². The number of esters is 1. The lowest BCUT2D eigenvalue weighted by Gasteiger charge is -2.41. The van der Waals surface area contributed by atoms with Crippen molar-refractivity contribution in [3.05, 3.63) is 72.9 Å². The van der Waals surface area contributed by atoms with E-state index >= 15 is 0 Å². The molecule has 0 aromatic carbocycles. The van der Waals surface area contributed by atoms with Gasteiger partial charge in [-0.25, -0.2) is 4.18 Å². The van der Waals surface area contributed by atoms with E-state index in [1.54, 1.807) is 0 Å². The van der Waals surface area contributed by atoms with Gasteiger partial charge in [0.1, 0.15) is 30.5 Å². The summed E-state index contributed by atoms with van der Waals surface area (Å²) in [7, 11) is -5.07. The third-order valence-electron chi connectivity index (χ3n) is 10.3. The van der Waals surface area contributed by atoms with Crippen molar-refractivity contribution in [3.63, 3.8) is 0 Å². The summed E-state index contributed by atoms with van der Waals surface area (Å²) in [6.07, 6.45) is 42.2. The first-order valence-electron chi connectivity index (χ1n) is 23.7. The van der Waals surface area contributed by atoms with Crippen LogP contribution in [-0.4, -0.2) is 97.5 Å². The Kier molecular flexibility index (Phi) is 37.2. The van der Waals surface area contributed by atoms with Gasteiger partial charge >= 0.3 is 16.4 Å². The number of hydrogen-bond acceptors (Lipinski definition) is 11. The summed E-state index contributed by atoms with van der Waals surface area (Å²) in [6.45, 7) is 3.80. The average Bonchev–Trinajstić information content (AvgIpc) is 3.24. The predicted molar refractivity (Wildman–Crippen MR) is 248 cm³/mol. The molecule has 0 bridgehead atoms. The molecule has 4 N–H and O–H groups in total. The van der Waals surface area contributed by atoms with Crippen molar-refractivity contribution < 1.29 is 56.2 Å². The van der Waals surface area contributed by atoms with Crippen molar-refractivity contribution >= 4 is 16.4 Å². The number of rotatable bonds is 40. The van der Waals surface area contributed by atoms with Crippen LogP contribution in [0.15, 0.2) is 72.9 Å². The van der Waals surface area contributed by atoms with Crippen molar-refractivity contribution in [2.45, 2.75) is 205 Å². The van der Waals surface area contributed by atoms with E-state index in [9.17, 15) is 28.5 Å². The highest BCUT2D eigenvalue weighted by Crippen LogP contribution is 2.26. The molecule has 1 aliphatic heterocycles. The normalized spacial score (nSPS) is 20.6. The van der Waals surface area contributed by atoms with E-state index in [-0.39, 0.29) is 19.6 Å². The first-order chi connectivity index (χ1) is 30.1. The van der Waals surface area contributed by atoms with E-state index in [4.69, 9.17) is 23.5 Å². The van der Waals surface area contributed by atoms with Gasteiger partial charge < -0.3 is 34.3 Å². The van der Waals surface area contributed by atoms with Crippen LogP contribution >= 0.6 is 0 Å². The average molecular weight is 897 g/mol. The number of carbonyl (C=O) groups is 1. The van der Waals surface area contributed by atoms with Gasteiger partial charge in [-0.15, -0.1) is 0 Å². The number of carbonyl (C=O) groups excluding carboxylic acids is 1. The van der Waals surface area contributed by atoms with Gasteiger partial charge in [0, 0.05) is 13.0 Å². The van der Waals surface area contributed by atoms with E-state index in [1.165, 1.54) is 57.8 Å². The lowest BCUT2D eigenvalue weighted by atomic mass is 9.99. The van der Waals surface area contributed by atoms with Gasteiger partial charge in [-0.05, 0) is 83.5 Å². The molecule has 0 saturated carbocycles. The van der Waals surface area contributed by atoms with Crippen LogP contribution in [0, 0.1) is 0 Å². The standard InChI is InChI=1S/C49H84O12S/c1-3-5-7-9-11-13-15-17-19-21-22-23-24-26-28-30-32-34-36-38-45(51)59-43(42-58-49-47(53)48(61-62(54,55)56)46(52)44(40-50)60-49)41-57-39-37-35-33-31-29-27-25-20-18-16-14-12-10-8-6-4-2/h5,7,11,13,17-20,22-23,26,28,43-44,46-50,52-53H,3-4,6,8-10,12,14-16,21,24-25,27,29-42H2,1-2H3,(H,54,55,56)/b7-5-,13-11-,19-17-,20-18-,23-22-,28-26-. The third-order valence-corrected chi connectivity index (χ3v) is 10.8. The number of aliphatic hydroxyl groups is 3. The molecule has 0 spiro atoms. The molecule has 1 fully saturated rings. The first-order valence-corrected chi connectivity index (χ1v) is 25.1. The highest BCUT2D eigenvalue weighted by molar-refractivity contribution is 7.80. The second kappa shape index (κ2) is 40.1. The monoisotopic (exact) mass is 897 g/mol. The topological polar surface area (TPSA) is 178 Å². The summed E-state index contributed by atoms with van der Waals surface area (Å²) in [5.74, 6) is -0.435. The predicted octanol–water partition coefficient (Wildman–Crippen LogP) is 10.3. The maximum absolute atomic E-state index is 12.9. The van der Waals surface area contributed by atoms with Gasteiger partial charge in [-0.2, -0.15) is 8.42 Å². The van der Waals surface area contributed by atoms with Crippen LogP contribution in [0.4, 0.5) is 0 Å². The molecule has 0 aliphatic carbocycles. The summed E-state index contributed by atoms with van der Waals surface area (Å²) < 4.78 is 59.1. The molecule has 358 valence electrons. The number of hydrogen-bond donors (Lipinski definition) is 4. The third kappa shape index (κ3) is 33.1. The lowest BCUT2D eigenvalue weighted by molar-refractivity contribution is -0.301. The van der Waals surface area contributed by atoms with Crippen molar-refractivity contribution in [1.82, 2.24) is 0 Å². The molecule has 0 aromatic rings. The van der Waals surface area contributed by atoms with Crippen LogP contribution < -0.4 is 0 Å². The molecule has 62 heavy (non-hydrogen) atoms. The van der Waals surface area contributed by atoms with E-state index in [0.717, 1.165) is 83.5 Å². The molecule has 0 aromatic heterocycles. The van der Waals surface area contributed by atoms with Gasteiger partial charge in [0.25, 0.3) is 0 Å². The fraction of sp³-hybridized carbons (Fsp3) is 0.735. The molecular weight excluding hydrogens is 813 g/mol. The molecule has 1 heterocycles. The van der Waals surface area contributed by atoms with Gasteiger partial charge in [0.05, 0.1) is 19.8 Å². The van der Waals surface area contributed by atoms with E-state index in [0.29, 0.717) is 13.0 Å². The van der Waals surface area contributed by atoms with E-state index < -0.39 is 59.8 Å². The summed E-state index contributed by atoms with van der Waals surface area (Å²) in [4.78, 5) is 12.9. The Morgan fingerprint density at radius 3 is 1.65 bits per heavy atom. The van der Waals surface area contributed by atoms with Gasteiger partial charge in [0.15, 0.2) is 6.29 Å². The summed E-state index contributed by atoms with van der Waals surface area (Å²) >= 11 is 0. The highest BCUT2D eigenvalue weighted by atomic mass is 32.3. The maximum atomic E-state index is 12.9. The Bertz CT molecular complexity index is 1360. The Morgan fingerprint density at radius 2 is 1.11 bits per heavy atom. The smallest absolute Gasteiger partial charge is 0.397 e. The van der Waals surface area contributed by atoms with Crippen LogP contribution in [0.25, 0.3) is 0 Å². The van der Waals surface area contributed by atoms with Crippen LogP contribution in [0.1, 0.15) is 168 Å². The molecule has 6 atom stereocenters. The number of allylic oxidation sites excluding steroid dienone is 12. The molecule has 1 saturated heterocycles. The van der Waals surface area contributed by atoms with Crippen molar-refractivity contribution in [2.75, 3.05) is 26.4 Å². The molecule has 1 rings (SSSR count). The molecule has 6 unspecified atom stereocenters. The zero-order valence-electron chi connectivity index (χ0n) is 38.2. The van der Waals surface area contributed by atoms with Gasteiger partial charge in [-0.3, -0.25) is 9.35 Å². The van der Waals surface area contributed by atoms with Crippen LogP contribution in [-0.2, 0) is 38.3 Å². The summed E-state index contributed by atoms with van der Waals surface area (Å²) in [6, 6.07) is 0. The summed E-state index contributed by atoms with van der Waals surface area (Å²) in [5, 5.41) is 30.7. The zero-order valence-corrected chi connectivity index (χ0v) is 39.0. The largest absolute Gasteiger partial charge is 0.457 e. The quantitative estimate of drug-likeness (QED) is 0.0198. The minimum absolute atomic E-state index is 0.0146. The molecular formula is C49H84O12S. The second-order valence-corrected chi connectivity index (χ2v) is 17.0. The fourth-order valence-corrected chi connectivity index (χ4v) is 7.26. The number of unbranched alkanes of at least 4 members (excludes halogenated alkanes) is 15. The SMILES string of the molecule is CC/C=C\C/C=C\C/C=C\C/C=C\C/C=C\CCCCCC(=O)OC(COCCCCCCCC/C=C\CCCCCCCC)COC1OC(CO)C(O)C(OS(=O)(=O)O)C1O. The Balaban J connectivity index is 2.45. The van der Waals surface area contributed by atoms with Crippen molar-refractivity contribution in [1.29, 1.82) is 0 Å². The molecule has 12 nitrogen and oxygen atoms in total. The number of ether oxygens (including phenoxy) is 4. The molecule has 1 aliphatic rings. The van der Waals surface area contributed by atoms with E-state index in [1.807, 2.05) is 0 Å². The molecule has 0 amide bonds. The minimum Gasteiger partial charge on any atom is -0.457 e. The second-order valence-electron chi connectivity index (χ2n) is 16.0.